The van der Waals surface area contributed by atoms with E-state index in [4.69, 9.17) is 27.9 Å². The first-order valence-corrected chi connectivity index (χ1v) is 8.35. The summed E-state index contributed by atoms with van der Waals surface area (Å²) in [4.78, 5) is 12.1. The number of benzene rings is 2. The number of rotatable bonds is 6. The quantitative estimate of drug-likeness (QED) is 0.662. The molecular formula is C18H15Cl2N3O2. The Morgan fingerprint density at radius 2 is 1.84 bits per heavy atom. The molecule has 0 fully saturated rings. The van der Waals surface area contributed by atoms with Gasteiger partial charge in [0.15, 0.2) is 5.69 Å². The highest BCUT2D eigenvalue weighted by Crippen LogP contribution is 2.17. The Hall–Kier alpha value is -2.50. The standard InChI is InChI=1S/C18H15Cl2N3O2/c19-13-3-1-5-15(11-13)23-9-7-17(22-23)18(24)21-8-10-25-16-6-2-4-14(20)12-16/h1-7,9,11-12H,8,10H2,(H,21,24). The van der Waals surface area contributed by atoms with E-state index < -0.39 is 0 Å². The van der Waals surface area contributed by atoms with Crippen LogP contribution in [0.15, 0.2) is 60.8 Å². The number of nitrogens with one attached hydrogen (secondary N) is 1. The normalized spacial score (nSPS) is 10.5. The number of hydrogen-bond acceptors (Lipinski definition) is 3. The van der Waals surface area contributed by atoms with Crippen LogP contribution in [0.2, 0.25) is 10.0 Å². The van der Waals surface area contributed by atoms with Crippen LogP contribution in [0.1, 0.15) is 10.5 Å². The van der Waals surface area contributed by atoms with E-state index in [1.165, 1.54) is 0 Å². The minimum atomic E-state index is -0.268. The second kappa shape index (κ2) is 8.05. The van der Waals surface area contributed by atoms with Gasteiger partial charge in [-0.15, -0.1) is 0 Å². The highest BCUT2D eigenvalue weighted by atomic mass is 35.5. The van der Waals surface area contributed by atoms with Crippen molar-refractivity contribution in [1.82, 2.24) is 15.1 Å². The highest BCUT2D eigenvalue weighted by molar-refractivity contribution is 6.31. The number of amides is 1. The van der Waals surface area contributed by atoms with Crippen molar-refractivity contribution in [3.8, 4) is 11.4 Å². The van der Waals surface area contributed by atoms with Crippen LogP contribution in [0.3, 0.4) is 0 Å². The minimum Gasteiger partial charge on any atom is -0.492 e. The van der Waals surface area contributed by atoms with Crippen molar-refractivity contribution in [2.75, 3.05) is 13.2 Å². The summed E-state index contributed by atoms with van der Waals surface area (Å²) in [5, 5.41) is 8.23. The monoisotopic (exact) mass is 375 g/mol. The van der Waals surface area contributed by atoms with Crippen LogP contribution in [0, 0.1) is 0 Å². The Labute approximate surface area is 155 Å². The molecule has 0 spiro atoms. The maximum absolute atomic E-state index is 12.1. The molecule has 5 nitrogen and oxygen atoms in total. The van der Waals surface area contributed by atoms with Gasteiger partial charge in [-0.3, -0.25) is 4.79 Å². The molecule has 1 N–H and O–H groups in total. The van der Waals surface area contributed by atoms with Crippen molar-refractivity contribution < 1.29 is 9.53 Å². The molecule has 2 aromatic carbocycles. The summed E-state index contributed by atoms with van der Waals surface area (Å²) in [5.74, 6) is 0.391. The maximum atomic E-state index is 12.1. The summed E-state index contributed by atoms with van der Waals surface area (Å²) < 4.78 is 7.12. The lowest BCUT2D eigenvalue weighted by molar-refractivity contribution is 0.0941. The van der Waals surface area contributed by atoms with Crippen LogP contribution in [0.5, 0.6) is 5.75 Å². The van der Waals surface area contributed by atoms with E-state index >= 15 is 0 Å². The molecule has 3 rings (SSSR count). The predicted molar refractivity (Wildman–Crippen MR) is 97.9 cm³/mol. The molecule has 1 aromatic heterocycles. The van der Waals surface area contributed by atoms with E-state index in [0.717, 1.165) is 5.69 Å². The SMILES string of the molecule is O=C(NCCOc1cccc(Cl)c1)c1ccn(-c2cccc(Cl)c2)n1. The third kappa shape index (κ3) is 4.75. The maximum Gasteiger partial charge on any atom is 0.271 e. The molecule has 0 aliphatic rings. The summed E-state index contributed by atoms with van der Waals surface area (Å²) in [6.07, 6.45) is 1.71. The predicted octanol–water partition coefficient (Wildman–Crippen LogP) is 3.99. The van der Waals surface area contributed by atoms with E-state index in [9.17, 15) is 4.79 Å². The summed E-state index contributed by atoms with van der Waals surface area (Å²) in [7, 11) is 0. The van der Waals surface area contributed by atoms with Gasteiger partial charge >= 0.3 is 0 Å². The topological polar surface area (TPSA) is 56.1 Å². The highest BCUT2D eigenvalue weighted by Gasteiger charge is 2.10. The van der Waals surface area contributed by atoms with Gasteiger partial charge in [0, 0.05) is 16.2 Å². The van der Waals surface area contributed by atoms with Gasteiger partial charge in [0.2, 0.25) is 0 Å². The Morgan fingerprint density at radius 3 is 2.60 bits per heavy atom. The van der Waals surface area contributed by atoms with Crippen LogP contribution in [0.4, 0.5) is 0 Å². The van der Waals surface area contributed by atoms with Gasteiger partial charge in [0.1, 0.15) is 12.4 Å². The van der Waals surface area contributed by atoms with Crippen molar-refractivity contribution >= 4 is 29.1 Å². The molecule has 3 aromatic rings. The van der Waals surface area contributed by atoms with Gasteiger partial charge in [-0.05, 0) is 42.5 Å². The first-order chi connectivity index (χ1) is 12.1. The second-order valence-corrected chi connectivity index (χ2v) is 6.06. The van der Waals surface area contributed by atoms with Crippen LogP contribution < -0.4 is 10.1 Å². The third-order valence-corrected chi connectivity index (χ3v) is 3.82. The number of nitrogens with zero attached hydrogens (tertiary/aromatic N) is 2. The number of ether oxygens (including phenoxy) is 1. The Balaban J connectivity index is 1.52. The average molecular weight is 376 g/mol. The summed E-state index contributed by atoms with van der Waals surface area (Å²) in [5.41, 5.74) is 1.11. The molecule has 0 saturated heterocycles. The zero-order valence-corrected chi connectivity index (χ0v) is 14.7. The lowest BCUT2D eigenvalue weighted by Gasteiger charge is -2.07. The summed E-state index contributed by atoms with van der Waals surface area (Å²) in [6.45, 7) is 0.691. The molecular weight excluding hydrogens is 361 g/mol. The Morgan fingerprint density at radius 1 is 1.08 bits per heavy atom. The number of halogens is 2. The largest absolute Gasteiger partial charge is 0.492 e. The van der Waals surface area contributed by atoms with Crippen molar-refractivity contribution in [1.29, 1.82) is 0 Å². The first kappa shape index (κ1) is 17.3. The fourth-order valence-electron chi connectivity index (χ4n) is 2.19. The second-order valence-electron chi connectivity index (χ2n) is 5.19. The zero-order chi connectivity index (χ0) is 17.6. The molecule has 0 saturated carbocycles. The van der Waals surface area contributed by atoms with E-state index in [0.29, 0.717) is 34.6 Å². The number of aromatic nitrogens is 2. The molecule has 0 bridgehead atoms. The van der Waals surface area contributed by atoms with E-state index in [1.807, 2.05) is 12.1 Å². The molecule has 0 radical (unpaired) electrons. The molecule has 1 heterocycles. The van der Waals surface area contributed by atoms with Gasteiger partial charge in [0.05, 0.1) is 12.2 Å². The fourth-order valence-corrected chi connectivity index (χ4v) is 2.55. The number of hydrogen-bond donors (Lipinski definition) is 1. The van der Waals surface area contributed by atoms with Gasteiger partial charge in [-0.1, -0.05) is 35.3 Å². The molecule has 25 heavy (non-hydrogen) atoms. The van der Waals surface area contributed by atoms with Crippen molar-refractivity contribution in [3.63, 3.8) is 0 Å². The number of carbonyl (C=O) groups is 1. The number of carbonyl (C=O) groups excluding carboxylic acids is 1. The minimum absolute atomic E-state index is 0.268. The van der Waals surface area contributed by atoms with Gasteiger partial charge in [-0.25, -0.2) is 4.68 Å². The zero-order valence-electron chi connectivity index (χ0n) is 13.2. The van der Waals surface area contributed by atoms with Crippen LogP contribution in [-0.2, 0) is 0 Å². The summed E-state index contributed by atoms with van der Waals surface area (Å²) in [6, 6.07) is 16.0. The van der Waals surface area contributed by atoms with Crippen molar-refractivity contribution in [3.05, 3.63) is 76.5 Å². The fraction of sp³-hybridized carbons (Fsp3) is 0.111. The smallest absolute Gasteiger partial charge is 0.271 e. The molecule has 1 amide bonds. The van der Waals surface area contributed by atoms with Gasteiger partial charge in [0.25, 0.3) is 5.91 Å². The molecule has 0 aliphatic heterocycles. The molecule has 0 atom stereocenters. The molecule has 128 valence electrons. The van der Waals surface area contributed by atoms with Crippen molar-refractivity contribution in [2.45, 2.75) is 0 Å². The molecule has 0 aliphatic carbocycles. The first-order valence-electron chi connectivity index (χ1n) is 7.60. The Bertz CT molecular complexity index is 880. The lowest BCUT2D eigenvalue weighted by Crippen LogP contribution is -2.28. The molecule has 0 unspecified atom stereocenters. The van der Waals surface area contributed by atoms with Gasteiger partial charge in [-0.2, -0.15) is 5.10 Å². The van der Waals surface area contributed by atoms with Gasteiger partial charge < -0.3 is 10.1 Å². The van der Waals surface area contributed by atoms with Crippen LogP contribution in [-0.4, -0.2) is 28.8 Å². The molecule has 7 heteroatoms. The van der Waals surface area contributed by atoms with Crippen LogP contribution in [0.25, 0.3) is 5.69 Å². The van der Waals surface area contributed by atoms with Crippen molar-refractivity contribution in [2.24, 2.45) is 0 Å². The lowest BCUT2D eigenvalue weighted by atomic mass is 10.3. The van der Waals surface area contributed by atoms with E-state index in [2.05, 4.69) is 10.4 Å². The van der Waals surface area contributed by atoms with E-state index in [1.54, 1.807) is 53.3 Å². The van der Waals surface area contributed by atoms with Crippen LogP contribution >= 0.6 is 23.2 Å². The van der Waals surface area contributed by atoms with E-state index in [-0.39, 0.29) is 5.91 Å². The third-order valence-electron chi connectivity index (χ3n) is 3.35. The average Bonchev–Trinajstić information content (AvgIpc) is 3.09. The Kier molecular flexibility index (Phi) is 5.58. The summed E-state index contributed by atoms with van der Waals surface area (Å²) >= 11 is 11.8.